The lowest BCUT2D eigenvalue weighted by Crippen LogP contribution is -2.28. The topological polar surface area (TPSA) is 12.0 Å². The van der Waals surface area contributed by atoms with E-state index < -0.39 is 11.8 Å². The first-order chi connectivity index (χ1) is 4.67. The predicted molar refractivity (Wildman–Crippen MR) is 43.5 cm³/mol. The molecular weight excluding hydrogens is 172 g/mol. The minimum absolute atomic E-state index is 0. The van der Waals surface area contributed by atoms with Crippen molar-refractivity contribution in [1.29, 1.82) is 0 Å². The maximum atomic E-state index is 12.8. The maximum Gasteiger partial charge on any atom is 0.251 e. The number of alkyl halides is 2. The lowest BCUT2D eigenvalue weighted by Gasteiger charge is -2.20. The van der Waals surface area contributed by atoms with E-state index in [1.54, 1.807) is 6.92 Å². The van der Waals surface area contributed by atoms with Crippen molar-refractivity contribution in [2.24, 2.45) is 5.92 Å². The first kappa shape index (κ1) is 11.1. The molecule has 1 heterocycles. The van der Waals surface area contributed by atoms with Gasteiger partial charge in [0.25, 0.3) is 5.92 Å². The first-order valence-electron chi connectivity index (χ1n) is 3.75. The molecule has 0 aromatic carbocycles. The molecule has 1 aliphatic heterocycles. The highest BCUT2D eigenvalue weighted by atomic mass is 35.5. The van der Waals surface area contributed by atoms with E-state index >= 15 is 0 Å². The molecule has 1 atom stereocenters. The molecule has 0 saturated carbocycles. The van der Waals surface area contributed by atoms with Crippen LogP contribution in [0.3, 0.4) is 0 Å². The Morgan fingerprint density at radius 1 is 1.55 bits per heavy atom. The smallest absolute Gasteiger partial charge is 0.251 e. The highest BCUT2D eigenvalue weighted by molar-refractivity contribution is 5.85. The molecule has 0 aromatic heterocycles. The Bertz CT molecular complexity index is 113. The molecule has 0 aromatic rings. The van der Waals surface area contributed by atoms with E-state index in [1.807, 2.05) is 0 Å². The molecule has 11 heavy (non-hydrogen) atoms. The second kappa shape index (κ2) is 4.21. The van der Waals surface area contributed by atoms with Gasteiger partial charge in [0.1, 0.15) is 0 Å². The quantitative estimate of drug-likeness (QED) is 0.695. The molecule has 0 bridgehead atoms. The van der Waals surface area contributed by atoms with Crippen LogP contribution in [0.25, 0.3) is 0 Å². The van der Waals surface area contributed by atoms with Crippen molar-refractivity contribution in [2.75, 3.05) is 13.1 Å². The molecule has 1 unspecified atom stereocenters. The summed E-state index contributed by atoms with van der Waals surface area (Å²) in [6, 6.07) is 0. The molecule has 0 amide bonds. The number of halogens is 3. The summed E-state index contributed by atoms with van der Waals surface area (Å²) in [6.07, 6.45) is 0.597. The fourth-order valence-corrected chi connectivity index (χ4v) is 1.30. The molecular formula is C7H14ClF2N. The second-order valence-electron chi connectivity index (χ2n) is 2.80. The molecule has 0 radical (unpaired) electrons. The maximum absolute atomic E-state index is 12.8. The molecule has 1 fully saturated rings. The van der Waals surface area contributed by atoms with Crippen molar-refractivity contribution in [3.05, 3.63) is 0 Å². The Morgan fingerprint density at radius 3 is 2.55 bits per heavy atom. The van der Waals surface area contributed by atoms with Crippen molar-refractivity contribution in [1.82, 2.24) is 5.32 Å². The van der Waals surface area contributed by atoms with Gasteiger partial charge in [-0.25, -0.2) is 8.78 Å². The molecule has 1 saturated heterocycles. The van der Waals surface area contributed by atoms with E-state index in [0.29, 0.717) is 13.0 Å². The van der Waals surface area contributed by atoms with Crippen LogP contribution in [0.2, 0.25) is 0 Å². The lowest BCUT2D eigenvalue weighted by molar-refractivity contribution is -0.0537. The molecule has 4 heteroatoms. The molecule has 68 valence electrons. The molecule has 0 aliphatic carbocycles. The van der Waals surface area contributed by atoms with E-state index in [9.17, 15) is 8.78 Å². The summed E-state index contributed by atoms with van der Waals surface area (Å²) in [5.74, 6) is -2.86. The predicted octanol–water partition coefficient (Wildman–Crippen LogP) is 2.06. The average molecular weight is 186 g/mol. The van der Waals surface area contributed by atoms with Gasteiger partial charge in [-0.2, -0.15) is 0 Å². The standard InChI is InChI=1S/C7H13F2N.ClH/c1-2-7(8,9)6-3-4-10-5-6;/h6,10H,2-5H2,1H3;1H. The van der Waals surface area contributed by atoms with Crippen LogP contribution in [0.1, 0.15) is 19.8 Å². The summed E-state index contributed by atoms with van der Waals surface area (Å²) in [6.45, 7) is 2.78. The summed E-state index contributed by atoms with van der Waals surface area (Å²) in [4.78, 5) is 0. The van der Waals surface area contributed by atoms with Gasteiger partial charge in [0.2, 0.25) is 0 Å². The fourth-order valence-electron chi connectivity index (χ4n) is 1.30. The zero-order valence-electron chi connectivity index (χ0n) is 6.57. The highest BCUT2D eigenvalue weighted by Crippen LogP contribution is 2.31. The van der Waals surface area contributed by atoms with Gasteiger partial charge in [-0.1, -0.05) is 6.92 Å². The summed E-state index contributed by atoms with van der Waals surface area (Å²) < 4.78 is 25.6. The number of hydrogen-bond acceptors (Lipinski definition) is 1. The minimum atomic E-state index is -2.44. The summed E-state index contributed by atoms with van der Waals surface area (Å²) >= 11 is 0. The zero-order valence-corrected chi connectivity index (χ0v) is 7.39. The second-order valence-corrected chi connectivity index (χ2v) is 2.80. The normalized spacial score (nSPS) is 24.8. The van der Waals surface area contributed by atoms with Gasteiger partial charge < -0.3 is 5.32 Å². The van der Waals surface area contributed by atoms with Crippen LogP contribution in [0.15, 0.2) is 0 Å². The highest BCUT2D eigenvalue weighted by Gasteiger charge is 2.38. The Balaban J connectivity index is 0.000001000. The summed E-state index contributed by atoms with van der Waals surface area (Å²) in [7, 11) is 0. The number of rotatable bonds is 2. The van der Waals surface area contributed by atoms with Crippen molar-refractivity contribution in [3.63, 3.8) is 0 Å². The Kier molecular flexibility index (Phi) is 4.26. The Labute approximate surface area is 72.0 Å². The van der Waals surface area contributed by atoms with Gasteiger partial charge in [0.05, 0.1) is 0 Å². The van der Waals surface area contributed by atoms with Gasteiger partial charge in [-0.15, -0.1) is 12.4 Å². The van der Waals surface area contributed by atoms with Crippen molar-refractivity contribution >= 4 is 12.4 Å². The van der Waals surface area contributed by atoms with Crippen LogP contribution >= 0.6 is 12.4 Å². The number of hydrogen-bond donors (Lipinski definition) is 1. The van der Waals surface area contributed by atoms with Gasteiger partial charge in [-0.05, 0) is 13.0 Å². The molecule has 1 aliphatic rings. The van der Waals surface area contributed by atoms with Crippen LogP contribution in [0.4, 0.5) is 8.78 Å². The van der Waals surface area contributed by atoms with Crippen LogP contribution in [0.5, 0.6) is 0 Å². The largest absolute Gasteiger partial charge is 0.316 e. The van der Waals surface area contributed by atoms with E-state index in [0.717, 1.165) is 6.54 Å². The monoisotopic (exact) mass is 185 g/mol. The molecule has 0 spiro atoms. The molecule has 1 rings (SSSR count). The lowest BCUT2D eigenvalue weighted by atomic mass is 9.99. The SMILES string of the molecule is CCC(F)(F)C1CCNC1.Cl. The Hall–Kier alpha value is 0.110. The third-order valence-electron chi connectivity index (χ3n) is 2.13. The molecule has 1 nitrogen and oxygen atoms in total. The Morgan fingerprint density at radius 2 is 2.18 bits per heavy atom. The van der Waals surface area contributed by atoms with E-state index in [2.05, 4.69) is 5.32 Å². The van der Waals surface area contributed by atoms with Crippen molar-refractivity contribution in [3.8, 4) is 0 Å². The van der Waals surface area contributed by atoms with Crippen LogP contribution in [0, 0.1) is 5.92 Å². The van der Waals surface area contributed by atoms with Crippen LogP contribution in [-0.2, 0) is 0 Å². The third-order valence-corrected chi connectivity index (χ3v) is 2.13. The van der Waals surface area contributed by atoms with Crippen LogP contribution < -0.4 is 5.32 Å². The number of nitrogens with one attached hydrogen (secondary N) is 1. The van der Waals surface area contributed by atoms with Crippen molar-refractivity contribution in [2.45, 2.75) is 25.7 Å². The summed E-state index contributed by atoms with van der Waals surface area (Å²) in [5.41, 5.74) is 0. The van der Waals surface area contributed by atoms with Gasteiger partial charge in [0, 0.05) is 18.9 Å². The minimum Gasteiger partial charge on any atom is -0.316 e. The van der Waals surface area contributed by atoms with Gasteiger partial charge in [-0.3, -0.25) is 0 Å². The first-order valence-corrected chi connectivity index (χ1v) is 3.75. The summed E-state index contributed by atoms with van der Waals surface area (Å²) in [5, 5.41) is 2.93. The molecule has 1 N–H and O–H groups in total. The average Bonchev–Trinajstić information content (AvgIpc) is 2.38. The van der Waals surface area contributed by atoms with E-state index in [1.165, 1.54) is 0 Å². The third kappa shape index (κ3) is 2.56. The van der Waals surface area contributed by atoms with Gasteiger partial charge in [0.15, 0.2) is 0 Å². The fraction of sp³-hybridized carbons (Fsp3) is 1.00. The zero-order chi connectivity index (χ0) is 7.61. The van der Waals surface area contributed by atoms with Crippen molar-refractivity contribution < 1.29 is 8.78 Å². The van der Waals surface area contributed by atoms with Crippen LogP contribution in [-0.4, -0.2) is 19.0 Å². The van der Waals surface area contributed by atoms with Gasteiger partial charge >= 0.3 is 0 Å². The van der Waals surface area contributed by atoms with E-state index in [-0.39, 0.29) is 18.8 Å². The van der Waals surface area contributed by atoms with E-state index in [4.69, 9.17) is 0 Å².